The quantitative estimate of drug-likeness (QED) is 0.536. The standard InChI is InChI=1S/C28H38N2O2/c1-27(2,3)21-11-13-25(31)19(15-21)17-29-23-9-7-8-10-24(23)30-18-20-16-22(28(4,5)6)12-14-26(20)32/h11-18,23-24,31-32H,7-10H2,1-6H3/t23-,24-/m1/s1. The Hall–Kier alpha value is -2.62. The van der Waals surface area contributed by atoms with Gasteiger partial charge in [0, 0.05) is 23.6 Å². The molecule has 172 valence electrons. The van der Waals surface area contributed by atoms with Crippen LogP contribution in [0.4, 0.5) is 0 Å². The average molecular weight is 435 g/mol. The van der Waals surface area contributed by atoms with E-state index in [1.165, 1.54) is 11.1 Å². The summed E-state index contributed by atoms with van der Waals surface area (Å²) in [5.74, 6) is 0.503. The topological polar surface area (TPSA) is 65.2 Å². The van der Waals surface area contributed by atoms with E-state index < -0.39 is 0 Å². The summed E-state index contributed by atoms with van der Waals surface area (Å²) in [4.78, 5) is 9.70. The number of benzene rings is 2. The molecule has 1 saturated carbocycles. The molecule has 4 nitrogen and oxygen atoms in total. The first-order chi connectivity index (χ1) is 14.9. The molecule has 0 amide bonds. The molecule has 1 aliphatic rings. The van der Waals surface area contributed by atoms with Gasteiger partial charge in [-0.15, -0.1) is 0 Å². The highest BCUT2D eigenvalue weighted by molar-refractivity contribution is 5.85. The predicted molar refractivity (Wildman–Crippen MR) is 135 cm³/mol. The Labute approximate surface area is 193 Å². The van der Waals surface area contributed by atoms with E-state index >= 15 is 0 Å². The fourth-order valence-electron chi connectivity index (χ4n) is 4.04. The molecular weight excluding hydrogens is 396 g/mol. The number of hydrogen-bond donors (Lipinski definition) is 2. The van der Waals surface area contributed by atoms with E-state index in [-0.39, 0.29) is 34.4 Å². The molecule has 3 rings (SSSR count). The number of rotatable bonds is 4. The number of hydrogen-bond acceptors (Lipinski definition) is 4. The van der Waals surface area contributed by atoms with Crippen molar-refractivity contribution in [1.82, 2.24) is 0 Å². The van der Waals surface area contributed by atoms with Crippen LogP contribution in [-0.2, 0) is 10.8 Å². The first kappa shape index (κ1) is 24.0. The maximum atomic E-state index is 10.3. The van der Waals surface area contributed by atoms with Crippen molar-refractivity contribution < 1.29 is 10.2 Å². The molecule has 4 heteroatoms. The van der Waals surface area contributed by atoms with Crippen LogP contribution >= 0.6 is 0 Å². The van der Waals surface area contributed by atoms with Gasteiger partial charge < -0.3 is 10.2 Å². The van der Waals surface area contributed by atoms with Gasteiger partial charge in [0.15, 0.2) is 0 Å². The van der Waals surface area contributed by atoms with Crippen LogP contribution in [0.2, 0.25) is 0 Å². The Kier molecular flexibility index (Phi) is 7.12. The van der Waals surface area contributed by atoms with Crippen LogP contribution in [0, 0.1) is 0 Å². The molecule has 0 aliphatic heterocycles. The van der Waals surface area contributed by atoms with Gasteiger partial charge >= 0.3 is 0 Å². The number of phenolic OH excluding ortho intramolecular Hbond substituents is 2. The Morgan fingerprint density at radius 3 is 1.41 bits per heavy atom. The highest BCUT2D eigenvalue weighted by atomic mass is 16.3. The van der Waals surface area contributed by atoms with Crippen molar-refractivity contribution in [1.29, 1.82) is 0 Å². The Morgan fingerprint density at radius 1 is 0.688 bits per heavy atom. The Bertz CT molecular complexity index is 912. The molecule has 0 radical (unpaired) electrons. The summed E-state index contributed by atoms with van der Waals surface area (Å²) >= 11 is 0. The lowest BCUT2D eigenvalue weighted by molar-refractivity contribution is 0.390. The molecule has 2 aromatic carbocycles. The third-order valence-corrected chi connectivity index (χ3v) is 6.29. The molecule has 2 N–H and O–H groups in total. The summed E-state index contributed by atoms with van der Waals surface area (Å²) in [6.45, 7) is 13.0. The molecule has 1 aliphatic carbocycles. The van der Waals surface area contributed by atoms with Crippen LogP contribution < -0.4 is 0 Å². The lowest BCUT2D eigenvalue weighted by atomic mass is 9.86. The maximum Gasteiger partial charge on any atom is 0.124 e. The lowest BCUT2D eigenvalue weighted by Crippen LogP contribution is -2.27. The highest BCUT2D eigenvalue weighted by Crippen LogP contribution is 2.29. The third kappa shape index (κ3) is 5.99. The second-order valence-electron chi connectivity index (χ2n) is 11.0. The molecule has 2 atom stereocenters. The van der Waals surface area contributed by atoms with Gasteiger partial charge in [-0.2, -0.15) is 0 Å². The molecule has 0 heterocycles. The fourth-order valence-corrected chi connectivity index (χ4v) is 4.04. The average Bonchev–Trinajstić information content (AvgIpc) is 2.71. The second-order valence-corrected chi connectivity index (χ2v) is 11.0. The highest BCUT2D eigenvalue weighted by Gasteiger charge is 2.24. The molecule has 32 heavy (non-hydrogen) atoms. The van der Waals surface area contributed by atoms with Crippen LogP contribution in [0.25, 0.3) is 0 Å². The summed E-state index contributed by atoms with van der Waals surface area (Å²) in [6, 6.07) is 11.6. The van der Waals surface area contributed by atoms with Crippen molar-refractivity contribution in [2.45, 2.75) is 90.1 Å². The van der Waals surface area contributed by atoms with Crippen LogP contribution in [0.1, 0.15) is 89.5 Å². The van der Waals surface area contributed by atoms with Crippen LogP contribution in [-0.4, -0.2) is 34.7 Å². The van der Waals surface area contributed by atoms with Crippen molar-refractivity contribution >= 4 is 12.4 Å². The first-order valence-corrected chi connectivity index (χ1v) is 11.7. The Morgan fingerprint density at radius 2 is 1.06 bits per heavy atom. The van der Waals surface area contributed by atoms with E-state index in [0.717, 1.165) is 36.8 Å². The van der Waals surface area contributed by atoms with Crippen molar-refractivity contribution in [3.63, 3.8) is 0 Å². The van der Waals surface area contributed by atoms with Crippen LogP contribution in [0.5, 0.6) is 11.5 Å². The zero-order valence-electron chi connectivity index (χ0n) is 20.4. The van der Waals surface area contributed by atoms with E-state index in [9.17, 15) is 10.2 Å². The molecule has 2 aromatic rings. The van der Waals surface area contributed by atoms with E-state index in [2.05, 4.69) is 41.5 Å². The van der Waals surface area contributed by atoms with Crippen LogP contribution in [0.15, 0.2) is 46.4 Å². The van der Waals surface area contributed by atoms with Crippen molar-refractivity contribution in [2.24, 2.45) is 9.98 Å². The zero-order chi connectivity index (χ0) is 23.5. The molecule has 0 unspecified atom stereocenters. The fraction of sp³-hybridized carbons (Fsp3) is 0.500. The minimum atomic E-state index is 0.0115. The number of aromatic hydroxyl groups is 2. The van der Waals surface area contributed by atoms with Gasteiger partial charge in [0.2, 0.25) is 0 Å². The molecule has 0 spiro atoms. The summed E-state index contributed by atoms with van der Waals surface area (Å²) in [6.07, 6.45) is 7.83. The van der Waals surface area contributed by atoms with E-state index in [1.54, 1.807) is 24.6 Å². The number of aliphatic imine (C=N–C) groups is 2. The SMILES string of the molecule is CC(C)(C)c1ccc(O)c(C=N[C@@H]2CCCC[C@H]2N=Cc2cc(C(C)(C)C)ccc2O)c1. The van der Waals surface area contributed by atoms with Gasteiger partial charge in [0.05, 0.1) is 12.1 Å². The predicted octanol–water partition coefficient (Wildman–Crippen LogP) is 6.54. The molecule has 0 aromatic heterocycles. The maximum absolute atomic E-state index is 10.3. The van der Waals surface area contributed by atoms with Crippen molar-refractivity contribution in [3.05, 3.63) is 58.7 Å². The monoisotopic (exact) mass is 434 g/mol. The molecule has 1 fully saturated rings. The van der Waals surface area contributed by atoms with Crippen molar-refractivity contribution in [3.8, 4) is 11.5 Å². The van der Waals surface area contributed by atoms with Crippen LogP contribution in [0.3, 0.4) is 0 Å². The molecule has 0 bridgehead atoms. The largest absolute Gasteiger partial charge is 0.507 e. The molecule has 0 saturated heterocycles. The number of nitrogens with zero attached hydrogens (tertiary/aromatic N) is 2. The van der Waals surface area contributed by atoms with Gasteiger partial charge in [-0.1, -0.05) is 66.5 Å². The van der Waals surface area contributed by atoms with E-state index in [1.807, 2.05) is 24.3 Å². The lowest BCUT2D eigenvalue weighted by Gasteiger charge is -2.26. The minimum absolute atomic E-state index is 0.0115. The first-order valence-electron chi connectivity index (χ1n) is 11.7. The van der Waals surface area contributed by atoms with Gasteiger partial charge in [-0.05, 0) is 59.1 Å². The van der Waals surface area contributed by atoms with E-state index in [0.29, 0.717) is 0 Å². The minimum Gasteiger partial charge on any atom is -0.507 e. The van der Waals surface area contributed by atoms with Gasteiger partial charge in [0.1, 0.15) is 11.5 Å². The van der Waals surface area contributed by atoms with Crippen molar-refractivity contribution in [2.75, 3.05) is 0 Å². The summed E-state index contributed by atoms with van der Waals surface area (Å²) in [5.41, 5.74) is 3.87. The third-order valence-electron chi connectivity index (χ3n) is 6.29. The second kappa shape index (κ2) is 9.48. The van der Waals surface area contributed by atoms with E-state index in [4.69, 9.17) is 9.98 Å². The summed E-state index contributed by atoms with van der Waals surface area (Å²) < 4.78 is 0. The summed E-state index contributed by atoms with van der Waals surface area (Å²) in [7, 11) is 0. The molecular formula is C28H38N2O2. The normalized spacial score (nSPS) is 20.3. The Balaban J connectivity index is 1.82. The summed E-state index contributed by atoms with van der Waals surface area (Å²) in [5, 5.41) is 20.6. The number of phenols is 2. The smallest absolute Gasteiger partial charge is 0.124 e. The van der Waals surface area contributed by atoms with Gasteiger partial charge in [-0.3, -0.25) is 9.98 Å². The van der Waals surface area contributed by atoms with Gasteiger partial charge in [-0.25, -0.2) is 0 Å². The van der Waals surface area contributed by atoms with Gasteiger partial charge in [0.25, 0.3) is 0 Å². The zero-order valence-corrected chi connectivity index (χ0v) is 20.4.